The lowest BCUT2D eigenvalue weighted by molar-refractivity contribution is 0.0244. The summed E-state index contributed by atoms with van der Waals surface area (Å²) in [5.41, 5.74) is -0.0152. The van der Waals surface area contributed by atoms with E-state index < -0.39 is 17.3 Å². The van der Waals surface area contributed by atoms with Crippen LogP contribution in [-0.2, 0) is 9.47 Å². The van der Waals surface area contributed by atoms with E-state index in [1.165, 1.54) is 4.90 Å². The van der Waals surface area contributed by atoms with Crippen molar-refractivity contribution >= 4 is 34.8 Å². The molecule has 0 aromatic heterocycles. The number of benzene rings is 2. The highest BCUT2D eigenvalue weighted by Gasteiger charge is 2.32. The Morgan fingerprint density at radius 3 is 1.93 bits per heavy atom. The standard InChI is InChI=1S/C32H46N4O6/c1-31(2,3)41-29(39)34-19-12-21-35(30(40)42-32(4,5)6)20-8-7-17-33-18-11-22-36-27(37)24-15-9-13-23-14-10-16-25(26(23)24)28(36)38/h9-10,13-16,33H,7-8,11-12,17-22H2,1-6H3,(H,34,39). The van der Waals surface area contributed by atoms with Crippen LogP contribution in [0.25, 0.3) is 10.8 Å². The zero-order valence-electron chi connectivity index (χ0n) is 25.9. The van der Waals surface area contributed by atoms with Crippen LogP contribution in [-0.4, -0.2) is 84.3 Å². The molecule has 3 rings (SSSR count). The van der Waals surface area contributed by atoms with E-state index >= 15 is 0 Å². The number of imide groups is 1. The summed E-state index contributed by atoms with van der Waals surface area (Å²) in [7, 11) is 0. The van der Waals surface area contributed by atoms with Crippen LogP contribution in [0.4, 0.5) is 9.59 Å². The van der Waals surface area contributed by atoms with Gasteiger partial charge in [-0.1, -0.05) is 24.3 Å². The summed E-state index contributed by atoms with van der Waals surface area (Å²) >= 11 is 0. The summed E-state index contributed by atoms with van der Waals surface area (Å²) in [4.78, 5) is 53.7. The molecule has 10 nitrogen and oxygen atoms in total. The van der Waals surface area contributed by atoms with E-state index in [4.69, 9.17) is 9.47 Å². The van der Waals surface area contributed by atoms with Crippen molar-refractivity contribution in [1.29, 1.82) is 0 Å². The van der Waals surface area contributed by atoms with E-state index in [9.17, 15) is 19.2 Å². The van der Waals surface area contributed by atoms with Gasteiger partial charge in [-0.15, -0.1) is 0 Å². The first-order valence-electron chi connectivity index (χ1n) is 14.8. The average Bonchev–Trinajstić information content (AvgIpc) is 2.89. The molecule has 0 unspecified atom stereocenters. The maximum atomic E-state index is 13.0. The summed E-state index contributed by atoms with van der Waals surface area (Å²) in [5, 5.41) is 7.73. The van der Waals surface area contributed by atoms with Crippen LogP contribution in [0.5, 0.6) is 0 Å². The summed E-state index contributed by atoms with van der Waals surface area (Å²) in [6.45, 7) is 14.0. The normalized spacial score (nSPS) is 13.3. The van der Waals surface area contributed by atoms with Crippen LogP contribution < -0.4 is 10.6 Å². The van der Waals surface area contributed by atoms with Gasteiger partial charge in [-0.05, 0) is 97.8 Å². The van der Waals surface area contributed by atoms with Gasteiger partial charge < -0.3 is 25.0 Å². The molecule has 2 aromatic carbocycles. The van der Waals surface area contributed by atoms with Gasteiger partial charge in [-0.3, -0.25) is 14.5 Å². The second-order valence-electron chi connectivity index (χ2n) is 12.5. The van der Waals surface area contributed by atoms with Crippen LogP contribution in [0.3, 0.4) is 0 Å². The van der Waals surface area contributed by atoms with E-state index in [2.05, 4.69) is 10.6 Å². The number of carbonyl (C=O) groups excluding carboxylic acids is 4. The number of carbonyl (C=O) groups is 4. The molecule has 0 spiro atoms. The van der Waals surface area contributed by atoms with Gasteiger partial charge in [0.1, 0.15) is 11.2 Å². The van der Waals surface area contributed by atoms with Crippen molar-refractivity contribution in [2.75, 3.05) is 39.3 Å². The third kappa shape index (κ3) is 9.72. The van der Waals surface area contributed by atoms with Crippen LogP contribution in [0.15, 0.2) is 36.4 Å². The molecule has 0 bridgehead atoms. The SMILES string of the molecule is CC(C)(C)OC(=O)NCCCN(CCCCNCCCN1C(=O)c2cccc3cccc(c23)C1=O)C(=O)OC(C)(C)C. The highest BCUT2D eigenvalue weighted by atomic mass is 16.6. The van der Waals surface area contributed by atoms with Gasteiger partial charge in [-0.25, -0.2) is 9.59 Å². The molecule has 0 fully saturated rings. The molecule has 2 aromatic rings. The molecule has 1 aliphatic rings. The Labute approximate surface area is 249 Å². The molecule has 4 amide bonds. The summed E-state index contributed by atoms with van der Waals surface area (Å²) < 4.78 is 10.8. The van der Waals surface area contributed by atoms with E-state index in [1.54, 1.807) is 17.0 Å². The molecular formula is C32H46N4O6. The molecule has 0 radical (unpaired) electrons. The lowest BCUT2D eigenvalue weighted by Crippen LogP contribution is -2.41. The zero-order chi connectivity index (χ0) is 30.9. The Morgan fingerprint density at radius 2 is 1.33 bits per heavy atom. The first kappa shape index (κ1) is 32.8. The molecule has 230 valence electrons. The van der Waals surface area contributed by atoms with Crippen molar-refractivity contribution in [3.63, 3.8) is 0 Å². The molecule has 1 heterocycles. The quantitative estimate of drug-likeness (QED) is 0.242. The number of hydrogen-bond donors (Lipinski definition) is 2. The lowest BCUT2D eigenvalue weighted by atomic mass is 9.94. The topological polar surface area (TPSA) is 117 Å². The smallest absolute Gasteiger partial charge is 0.410 e. The summed E-state index contributed by atoms with van der Waals surface area (Å²) in [6.07, 6.45) is 1.98. The molecule has 0 saturated carbocycles. The van der Waals surface area contributed by atoms with Gasteiger partial charge in [0.15, 0.2) is 0 Å². The lowest BCUT2D eigenvalue weighted by Gasteiger charge is -2.28. The minimum Gasteiger partial charge on any atom is -0.444 e. The number of nitrogens with one attached hydrogen (secondary N) is 2. The van der Waals surface area contributed by atoms with Crippen LogP contribution in [0.1, 0.15) is 87.9 Å². The van der Waals surface area contributed by atoms with Gasteiger partial charge in [0, 0.05) is 42.7 Å². The number of nitrogens with zero attached hydrogens (tertiary/aromatic N) is 2. The van der Waals surface area contributed by atoms with E-state index in [0.29, 0.717) is 56.7 Å². The number of alkyl carbamates (subject to hydrolysis) is 1. The maximum Gasteiger partial charge on any atom is 0.410 e. The van der Waals surface area contributed by atoms with Crippen molar-refractivity contribution in [3.8, 4) is 0 Å². The largest absolute Gasteiger partial charge is 0.444 e. The van der Waals surface area contributed by atoms with Crippen molar-refractivity contribution in [1.82, 2.24) is 20.4 Å². The van der Waals surface area contributed by atoms with Crippen LogP contribution >= 0.6 is 0 Å². The van der Waals surface area contributed by atoms with Crippen molar-refractivity contribution in [2.45, 2.75) is 78.4 Å². The van der Waals surface area contributed by atoms with Gasteiger partial charge in [0.05, 0.1) is 0 Å². The predicted molar refractivity (Wildman–Crippen MR) is 163 cm³/mol. The number of hydrogen-bond acceptors (Lipinski definition) is 7. The second kappa shape index (κ2) is 14.5. The molecule has 1 aliphatic heterocycles. The fourth-order valence-corrected chi connectivity index (χ4v) is 4.72. The molecule has 0 saturated heterocycles. The Bertz CT molecular complexity index is 1210. The Kier molecular flexibility index (Phi) is 11.3. The summed E-state index contributed by atoms with van der Waals surface area (Å²) in [6, 6.07) is 11.1. The number of unbranched alkanes of at least 4 members (excludes halogenated alkanes) is 1. The van der Waals surface area contributed by atoms with Gasteiger partial charge in [-0.2, -0.15) is 0 Å². The zero-order valence-corrected chi connectivity index (χ0v) is 25.9. The monoisotopic (exact) mass is 582 g/mol. The minimum absolute atomic E-state index is 0.243. The van der Waals surface area contributed by atoms with E-state index in [-0.39, 0.29) is 17.9 Å². The molecular weight excluding hydrogens is 536 g/mol. The summed E-state index contributed by atoms with van der Waals surface area (Å²) in [5.74, 6) is -0.486. The predicted octanol–water partition coefficient (Wildman–Crippen LogP) is 5.35. The first-order valence-corrected chi connectivity index (χ1v) is 14.8. The molecule has 42 heavy (non-hydrogen) atoms. The molecule has 10 heteroatoms. The van der Waals surface area contributed by atoms with Gasteiger partial charge in [0.2, 0.25) is 0 Å². The van der Waals surface area contributed by atoms with E-state index in [1.807, 2.05) is 65.8 Å². The highest BCUT2D eigenvalue weighted by molar-refractivity contribution is 6.25. The molecule has 2 N–H and O–H groups in total. The highest BCUT2D eigenvalue weighted by Crippen LogP contribution is 2.29. The first-order chi connectivity index (χ1) is 19.8. The van der Waals surface area contributed by atoms with Crippen molar-refractivity contribution in [2.24, 2.45) is 0 Å². The van der Waals surface area contributed by atoms with Gasteiger partial charge >= 0.3 is 12.2 Å². The molecule has 0 aliphatic carbocycles. The Hall–Kier alpha value is -3.66. The van der Waals surface area contributed by atoms with Crippen molar-refractivity contribution in [3.05, 3.63) is 47.5 Å². The van der Waals surface area contributed by atoms with Gasteiger partial charge in [0.25, 0.3) is 11.8 Å². The third-order valence-electron chi connectivity index (χ3n) is 6.55. The Balaban J connectivity index is 1.37. The fraction of sp³-hybridized carbons (Fsp3) is 0.562. The Morgan fingerprint density at radius 1 is 0.762 bits per heavy atom. The van der Waals surface area contributed by atoms with Crippen LogP contribution in [0, 0.1) is 0 Å². The number of ether oxygens (including phenoxy) is 2. The van der Waals surface area contributed by atoms with Crippen molar-refractivity contribution < 1.29 is 28.7 Å². The van der Waals surface area contributed by atoms with E-state index in [0.717, 1.165) is 30.2 Å². The maximum absolute atomic E-state index is 13.0. The number of amides is 4. The van der Waals surface area contributed by atoms with Crippen LogP contribution in [0.2, 0.25) is 0 Å². The number of rotatable bonds is 13. The third-order valence-corrected chi connectivity index (χ3v) is 6.55. The molecule has 0 atom stereocenters. The fourth-order valence-electron chi connectivity index (χ4n) is 4.72. The average molecular weight is 583 g/mol. The second-order valence-corrected chi connectivity index (χ2v) is 12.5. The minimum atomic E-state index is -0.600.